The molecule has 0 unspecified atom stereocenters. The number of ether oxygens (including phenoxy) is 3. The summed E-state index contributed by atoms with van der Waals surface area (Å²) in [5.41, 5.74) is 0.811. The van der Waals surface area contributed by atoms with Gasteiger partial charge in [-0.25, -0.2) is 0 Å². The average Bonchev–Trinajstić information content (AvgIpc) is 2.60. The lowest BCUT2D eigenvalue weighted by Crippen LogP contribution is -1.97. The van der Waals surface area contributed by atoms with Gasteiger partial charge in [0.15, 0.2) is 17.3 Å². The van der Waals surface area contributed by atoms with Gasteiger partial charge < -0.3 is 19.3 Å². The summed E-state index contributed by atoms with van der Waals surface area (Å²) in [7, 11) is 4.54. The van der Waals surface area contributed by atoms with Gasteiger partial charge in [0.1, 0.15) is 5.75 Å². The minimum Gasteiger partial charge on any atom is -0.507 e. The summed E-state index contributed by atoms with van der Waals surface area (Å²) in [5.74, 6) is 0.933. The lowest BCUT2D eigenvalue weighted by Gasteiger charge is -2.12. The fourth-order valence-corrected chi connectivity index (χ4v) is 2.34. The molecule has 0 aromatic heterocycles. The van der Waals surface area contributed by atoms with Crippen LogP contribution in [0.2, 0.25) is 5.02 Å². The molecule has 0 heterocycles. The summed E-state index contributed by atoms with van der Waals surface area (Å²) in [5, 5.41) is 10.1. The van der Waals surface area contributed by atoms with Crippen molar-refractivity contribution in [2.45, 2.75) is 0 Å². The molecule has 2 rings (SSSR count). The van der Waals surface area contributed by atoms with E-state index in [2.05, 4.69) is 0 Å². The molecule has 2 aromatic carbocycles. The molecule has 1 N–H and O–H groups in total. The molecule has 24 heavy (non-hydrogen) atoms. The maximum atomic E-state index is 12.2. The fourth-order valence-electron chi connectivity index (χ4n) is 2.16. The molecule has 0 fully saturated rings. The van der Waals surface area contributed by atoms with Gasteiger partial charge in [-0.05, 0) is 42.0 Å². The van der Waals surface area contributed by atoms with Crippen LogP contribution >= 0.6 is 11.6 Å². The number of hydrogen-bond donors (Lipinski definition) is 1. The van der Waals surface area contributed by atoms with Crippen molar-refractivity contribution < 1.29 is 24.1 Å². The number of halogens is 1. The van der Waals surface area contributed by atoms with Crippen LogP contribution < -0.4 is 14.2 Å². The Morgan fingerprint density at radius 2 is 1.67 bits per heavy atom. The van der Waals surface area contributed by atoms with E-state index in [4.69, 9.17) is 25.8 Å². The number of methoxy groups -OCH3 is 3. The molecule has 2 aromatic rings. The van der Waals surface area contributed by atoms with E-state index >= 15 is 0 Å². The lowest BCUT2D eigenvalue weighted by atomic mass is 10.1. The van der Waals surface area contributed by atoms with Crippen molar-refractivity contribution in [3.63, 3.8) is 0 Å². The maximum absolute atomic E-state index is 12.2. The first kappa shape index (κ1) is 17.7. The molecule has 6 heteroatoms. The van der Waals surface area contributed by atoms with Crippen LogP contribution in [0.25, 0.3) is 6.08 Å². The van der Waals surface area contributed by atoms with Crippen LogP contribution in [0.5, 0.6) is 23.0 Å². The van der Waals surface area contributed by atoms with Gasteiger partial charge in [-0.2, -0.15) is 0 Å². The van der Waals surface area contributed by atoms with E-state index in [1.54, 1.807) is 18.2 Å². The van der Waals surface area contributed by atoms with E-state index in [9.17, 15) is 9.90 Å². The Labute approximate surface area is 145 Å². The number of hydrogen-bond acceptors (Lipinski definition) is 5. The number of benzene rings is 2. The Balaban J connectivity index is 2.34. The number of aromatic hydroxyl groups is 1. The number of rotatable bonds is 6. The van der Waals surface area contributed by atoms with Crippen LogP contribution in [0, 0.1) is 0 Å². The summed E-state index contributed by atoms with van der Waals surface area (Å²) in [6, 6.07) is 7.73. The number of carbonyl (C=O) groups is 1. The zero-order valence-electron chi connectivity index (χ0n) is 13.5. The van der Waals surface area contributed by atoms with Crippen LogP contribution in [0.1, 0.15) is 15.9 Å². The van der Waals surface area contributed by atoms with Crippen molar-refractivity contribution in [1.29, 1.82) is 0 Å². The first-order valence-corrected chi connectivity index (χ1v) is 7.39. The van der Waals surface area contributed by atoms with E-state index in [1.807, 2.05) is 0 Å². The van der Waals surface area contributed by atoms with E-state index < -0.39 is 0 Å². The van der Waals surface area contributed by atoms with E-state index in [0.717, 1.165) is 0 Å². The quantitative estimate of drug-likeness (QED) is 0.632. The minimum absolute atomic E-state index is 0.126. The van der Waals surface area contributed by atoms with E-state index in [1.165, 1.54) is 45.6 Å². The molecule has 0 saturated heterocycles. The zero-order chi connectivity index (χ0) is 17.7. The van der Waals surface area contributed by atoms with Crippen LogP contribution in [0.15, 0.2) is 36.4 Å². The molecule has 0 bridgehead atoms. The van der Waals surface area contributed by atoms with Gasteiger partial charge in [-0.3, -0.25) is 4.79 Å². The third-order valence-electron chi connectivity index (χ3n) is 3.34. The molecule has 0 aliphatic rings. The van der Waals surface area contributed by atoms with Crippen molar-refractivity contribution in [2.24, 2.45) is 0 Å². The molecule has 0 saturated carbocycles. The Morgan fingerprint density at radius 1 is 1.04 bits per heavy atom. The Bertz CT molecular complexity index is 758. The molecule has 0 atom stereocenters. The van der Waals surface area contributed by atoms with Crippen LogP contribution in [0.3, 0.4) is 0 Å². The Morgan fingerprint density at radius 3 is 2.21 bits per heavy atom. The highest BCUT2D eigenvalue weighted by atomic mass is 35.5. The number of ketones is 1. The zero-order valence-corrected chi connectivity index (χ0v) is 14.3. The highest BCUT2D eigenvalue weighted by molar-refractivity contribution is 6.31. The molecule has 0 radical (unpaired) electrons. The van der Waals surface area contributed by atoms with Crippen molar-refractivity contribution in [3.05, 3.63) is 52.6 Å². The summed E-state index contributed by atoms with van der Waals surface area (Å²) in [4.78, 5) is 12.2. The van der Waals surface area contributed by atoms with Gasteiger partial charge in [0.2, 0.25) is 5.75 Å². The van der Waals surface area contributed by atoms with E-state index in [0.29, 0.717) is 27.8 Å². The van der Waals surface area contributed by atoms with Gasteiger partial charge in [0.05, 0.1) is 26.9 Å². The third kappa shape index (κ3) is 3.81. The average molecular weight is 349 g/mol. The topological polar surface area (TPSA) is 65.0 Å². The fraction of sp³-hybridized carbons (Fsp3) is 0.167. The molecule has 0 spiro atoms. The summed E-state index contributed by atoms with van der Waals surface area (Å²) in [6.45, 7) is 0. The minimum atomic E-state index is -0.372. The summed E-state index contributed by atoms with van der Waals surface area (Å²) in [6.07, 6.45) is 2.93. The monoisotopic (exact) mass is 348 g/mol. The van der Waals surface area contributed by atoms with Gasteiger partial charge in [-0.15, -0.1) is 0 Å². The second-order valence-electron chi connectivity index (χ2n) is 4.82. The van der Waals surface area contributed by atoms with Gasteiger partial charge in [-0.1, -0.05) is 17.7 Å². The van der Waals surface area contributed by atoms with Crippen molar-refractivity contribution in [3.8, 4) is 23.0 Å². The number of phenols is 1. The van der Waals surface area contributed by atoms with E-state index in [-0.39, 0.29) is 17.1 Å². The highest BCUT2D eigenvalue weighted by Crippen LogP contribution is 2.38. The van der Waals surface area contributed by atoms with Crippen LogP contribution in [-0.2, 0) is 0 Å². The molecule has 126 valence electrons. The van der Waals surface area contributed by atoms with Crippen molar-refractivity contribution in [1.82, 2.24) is 0 Å². The van der Waals surface area contributed by atoms with Crippen LogP contribution in [-0.4, -0.2) is 32.2 Å². The Hall–Kier alpha value is -2.66. The maximum Gasteiger partial charge on any atom is 0.203 e. The molecule has 5 nitrogen and oxygen atoms in total. The van der Waals surface area contributed by atoms with Crippen LogP contribution in [0.4, 0.5) is 0 Å². The molecule has 0 aliphatic carbocycles. The molecule has 0 aliphatic heterocycles. The predicted octanol–water partition coefficient (Wildman–Crippen LogP) is 3.97. The smallest absolute Gasteiger partial charge is 0.203 e. The standard InChI is InChI=1S/C18H17ClO5/c1-22-16-8-11(9-17(23-2)18(16)24-3)4-6-14(20)13-10-12(19)5-7-15(13)21/h4-10,21H,1-3H3. The number of carbonyl (C=O) groups excluding carboxylic acids is 1. The number of allylic oxidation sites excluding steroid dienone is 1. The second-order valence-corrected chi connectivity index (χ2v) is 5.25. The first-order chi connectivity index (χ1) is 11.5. The molecule has 0 amide bonds. The van der Waals surface area contributed by atoms with Gasteiger partial charge in [0, 0.05) is 5.02 Å². The SMILES string of the molecule is COc1cc(C=CC(=O)c2cc(Cl)ccc2O)cc(OC)c1OC. The second kappa shape index (κ2) is 7.75. The van der Waals surface area contributed by atoms with Gasteiger partial charge in [0.25, 0.3) is 0 Å². The van der Waals surface area contributed by atoms with Gasteiger partial charge >= 0.3 is 0 Å². The normalized spacial score (nSPS) is 10.7. The van der Waals surface area contributed by atoms with Crippen molar-refractivity contribution in [2.75, 3.05) is 21.3 Å². The lowest BCUT2D eigenvalue weighted by molar-refractivity contribution is 0.104. The highest BCUT2D eigenvalue weighted by Gasteiger charge is 2.13. The summed E-state index contributed by atoms with van der Waals surface area (Å²) < 4.78 is 15.8. The van der Waals surface area contributed by atoms with Crippen molar-refractivity contribution >= 4 is 23.5 Å². The molecular weight excluding hydrogens is 332 g/mol. The number of phenolic OH excluding ortho intramolecular Hbond substituents is 1. The summed E-state index contributed by atoms with van der Waals surface area (Å²) >= 11 is 5.86. The molecular formula is C18H17ClO5. The largest absolute Gasteiger partial charge is 0.507 e. The Kier molecular flexibility index (Phi) is 5.71. The first-order valence-electron chi connectivity index (χ1n) is 7.01. The third-order valence-corrected chi connectivity index (χ3v) is 3.57. The predicted molar refractivity (Wildman–Crippen MR) is 92.6 cm³/mol.